The van der Waals surface area contributed by atoms with Crippen LogP contribution in [-0.2, 0) is 10.1 Å². The van der Waals surface area contributed by atoms with Crippen LogP contribution in [0.1, 0.15) is 5.56 Å². The quantitative estimate of drug-likeness (QED) is 0.783. The first-order valence-corrected chi connectivity index (χ1v) is 7.68. The summed E-state index contributed by atoms with van der Waals surface area (Å²) in [4.78, 5) is 3.91. The Morgan fingerprint density at radius 3 is 2.43 bits per heavy atom. The molecule has 0 aliphatic carbocycles. The Bertz CT molecular complexity index is 874. The van der Waals surface area contributed by atoms with Gasteiger partial charge in [0.1, 0.15) is 5.75 Å². The molecule has 0 saturated carbocycles. The lowest BCUT2D eigenvalue weighted by Crippen LogP contribution is -2.16. The zero-order chi connectivity index (χ0) is 16.7. The van der Waals surface area contributed by atoms with Gasteiger partial charge in [-0.1, -0.05) is 12.1 Å². The molecule has 1 aliphatic rings. The number of nitrogens with zero attached hydrogens (tertiary/aromatic N) is 1. The van der Waals surface area contributed by atoms with E-state index < -0.39 is 16.5 Å². The highest BCUT2D eigenvalue weighted by atomic mass is 32.2. The Hall–Kier alpha value is -2.55. The van der Waals surface area contributed by atoms with E-state index in [1.165, 1.54) is 36.5 Å². The van der Waals surface area contributed by atoms with Gasteiger partial charge in [0, 0.05) is 17.3 Å². The van der Waals surface area contributed by atoms with Crippen molar-refractivity contribution >= 4 is 16.2 Å². The molecule has 3 rings (SSSR count). The van der Waals surface area contributed by atoms with Crippen LogP contribution in [0.15, 0.2) is 41.9 Å². The molecule has 23 heavy (non-hydrogen) atoms. The number of rotatable bonds is 2. The van der Waals surface area contributed by atoms with Gasteiger partial charge in [0.15, 0.2) is 0 Å². The van der Waals surface area contributed by atoms with Crippen molar-refractivity contribution in [1.82, 2.24) is 4.98 Å². The SMILES string of the molecule is O=S1(=O)C=Cc2cc(-c3ccc(OC(F)(F)F)cc3)cnc2O1. The number of hydrogen-bond donors (Lipinski definition) is 0. The fraction of sp³-hybridized carbons (Fsp3) is 0.0714. The molecule has 0 bridgehead atoms. The number of alkyl halides is 3. The summed E-state index contributed by atoms with van der Waals surface area (Å²) >= 11 is 0. The van der Waals surface area contributed by atoms with Crippen LogP contribution in [0.4, 0.5) is 13.2 Å². The Morgan fingerprint density at radius 1 is 1.09 bits per heavy atom. The Morgan fingerprint density at radius 2 is 1.78 bits per heavy atom. The highest BCUT2D eigenvalue weighted by Crippen LogP contribution is 2.30. The second-order valence-corrected chi connectivity index (χ2v) is 5.99. The van der Waals surface area contributed by atoms with Crippen LogP contribution in [0.2, 0.25) is 0 Å². The zero-order valence-electron chi connectivity index (χ0n) is 11.2. The monoisotopic (exact) mass is 343 g/mol. The second-order valence-electron chi connectivity index (χ2n) is 4.57. The highest BCUT2D eigenvalue weighted by molar-refractivity contribution is 7.90. The third kappa shape index (κ3) is 3.62. The van der Waals surface area contributed by atoms with Crippen molar-refractivity contribution in [2.45, 2.75) is 6.36 Å². The number of fused-ring (bicyclic) bond motifs is 1. The number of halogens is 3. The van der Waals surface area contributed by atoms with Gasteiger partial charge in [-0.2, -0.15) is 8.42 Å². The van der Waals surface area contributed by atoms with Crippen molar-refractivity contribution in [3.63, 3.8) is 0 Å². The van der Waals surface area contributed by atoms with Crippen molar-refractivity contribution in [2.24, 2.45) is 0 Å². The fourth-order valence-corrected chi connectivity index (χ4v) is 2.69. The van der Waals surface area contributed by atoms with E-state index in [9.17, 15) is 21.6 Å². The molecule has 0 atom stereocenters. The fourth-order valence-electron chi connectivity index (χ4n) is 1.96. The summed E-state index contributed by atoms with van der Waals surface area (Å²) in [6.45, 7) is 0. The summed E-state index contributed by atoms with van der Waals surface area (Å²) in [6, 6.07) is 6.86. The summed E-state index contributed by atoms with van der Waals surface area (Å²) < 4.78 is 67.4. The first kappa shape index (κ1) is 15.3. The lowest BCUT2D eigenvalue weighted by Gasteiger charge is -2.12. The van der Waals surface area contributed by atoms with Crippen LogP contribution in [0.25, 0.3) is 17.2 Å². The molecule has 0 N–H and O–H groups in total. The summed E-state index contributed by atoms with van der Waals surface area (Å²) in [6.07, 6.45) is -2.04. The van der Waals surface area contributed by atoms with Gasteiger partial charge in [-0.15, -0.1) is 13.2 Å². The smallest absolute Gasteiger partial charge is 0.406 e. The van der Waals surface area contributed by atoms with Gasteiger partial charge in [-0.25, -0.2) is 4.98 Å². The molecule has 1 aliphatic heterocycles. The second kappa shape index (κ2) is 5.27. The van der Waals surface area contributed by atoms with Crippen LogP contribution in [-0.4, -0.2) is 19.8 Å². The van der Waals surface area contributed by atoms with Crippen LogP contribution in [0.3, 0.4) is 0 Å². The van der Waals surface area contributed by atoms with E-state index in [0.29, 0.717) is 16.7 Å². The molecule has 2 aromatic rings. The molecule has 0 fully saturated rings. The lowest BCUT2D eigenvalue weighted by atomic mass is 10.1. The van der Waals surface area contributed by atoms with Crippen molar-refractivity contribution < 1.29 is 30.5 Å². The first-order chi connectivity index (χ1) is 10.7. The molecule has 0 radical (unpaired) electrons. The number of aromatic nitrogens is 1. The summed E-state index contributed by atoms with van der Waals surface area (Å²) in [5, 5.41) is 0.904. The largest absolute Gasteiger partial charge is 0.573 e. The standard InChI is InChI=1S/C14H8F3NO4S/c15-14(16,17)21-12-3-1-9(2-4-12)11-7-10-5-6-23(19,20)22-13(10)18-8-11/h1-8H. The molecule has 0 spiro atoms. The average Bonchev–Trinajstić information content (AvgIpc) is 2.45. The number of benzene rings is 1. The molecule has 120 valence electrons. The summed E-state index contributed by atoms with van der Waals surface area (Å²) in [5.41, 5.74) is 1.64. The molecule has 0 amide bonds. The van der Waals surface area contributed by atoms with Crippen molar-refractivity contribution in [1.29, 1.82) is 0 Å². The minimum atomic E-state index is -4.75. The minimum absolute atomic E-state index is 0.0479. The van der Waals surface area contributed by atoms with Gasteiger partial charge >= 0.3 is 16.5 Å². The molecule has 9 heteroatoms. The van der Waals surface area contributed by atoms with Crippen molar-refractivity contribution in [2.75, 3.05) is 0 Å². The van der Waals surface area contributed by atoms with Gasteiger partial charge in [0.2, 0.25) is 5.88 Å². The van der Waals surface area contributed by atoms with Crippen LogP contribution in [0.5, 0.6) is 11.6 Å². The molecule has 2 heterocycles. The molecule has 0 unspecified atom stereocenters. The molecule has 1 aromatic heterocycles. The van der Waals surface area contributed by atoms with Gasteiger partial charge in [0.25, 0.3) is 0 Å². The van der Waals surface area contributed by atoms with E-state index in [-0.39, 0.29) is 11.6 Å². The number of ether oxygens (including phenoxy) is 1. The van der Waals surface area contributed by atoms with Crippen LogP contribution < -0.4 is 8.92 Å². The Kier molecular flexibility index (Phi) is 3.52. The minimum Gasteiger partial charge on any atom is -0.406 e. The van der Waals surface area contributed by atoms with E-state index >= 15 is 0 Å². The maximum atomic E-state index is 12.1. The van der Waals surface area contributed by atoms with Gasteiger partial charge in [0.05, 0.1) is 5.41 Å². The van der Waals surface area contributed by atoms with Crippen LogP contribution in [0, 0.1) is 0 Å². The molecular formula is C14H8F3NO4S. The van der Waals surface area contributed by atoms with Crippen molar-refractivity contribution in [3.05, 3.63) is 47.5 Å². The zero-order valence-corrected chi connectivity index (χ0v) is 12.1. The third-order valence-corrected chi connectivity index (χ3v) is 3.77. The van der Waals surface area contributed by atoms with Crippen molar-refractivity contribution in [3.8, 4) is 22.8 Å². The number of hydrogen-bond acceptors (Lipinski definition) is 5. The van der Waals surface area contributed by atoms with E-state index in [4.69, 9.17) is 4.18 Å². The number of pyridine rings is 1. The summed E-state index contributed by atoms with van der Waals surface area (Å²) in [7, 11) is -3.76. The van der Waals surface area contributed by atoms with Gasteiger partial charge in [-0.05, 0) is 29.8 Å². The highest BCUT2D eigenvalue weighted by Gasteiger charge is 2.31. The van der Waals surface area contributed by atoms with Gasteiger partial charge in [-0.3, -0.25) is 0 Å². The lowest BCUT2D eigenvalue weighted by molar-refractivity contribution is -0.274. The predicted octanol–water partition coefficient (Wildman–Crippen LogP) is 3.34. The topological polar surface area (TPSA) is 65.5 Å². The normalized spacial score (nSPS) is 15.6. The molecular weight excluding hydrogens is 335 g/mol. The maximum absolute atomic E-state index is 12.1. The Labute approximate surface area is 129 Å². The van der Waals surface area contributed by atoms with E-state index in [0.717, 1.165) is 5.41 Å². The maximum Gasteiger partial charge on any atom is 0.573 e. The van der Waals surface area contributed by atoms with E-state index in [1.807, 2.05) is 0 Å². The third-order valence-electron chi connectivity index (χ3n) is 2.91. The Balaban J connectivity index is 1.88. The van der Waals surface area contributed by atoms with Gasteiger partial charge < -0.3 is 8.92 Å². The van der Waals surface area contributed by atoms with E-state index in [1.54, 1.807) is 6.07 Å². The predicted molar refractivity (Wildman–Crippen MR) is 74.9 cm³/mol. The molecule has 5 nitrogen and oxygen atoms in total. The first-order valence-electron chi connectivity index (χ1n) is 6.21. The summed E-state index contributed by atoms with van der Waals surface area (Å²) in [5.74, 6) is -0.380. The molecule has 0 saturated heterocycles. The average molecular weight is 343 g/mol. The van der Waals surface area contributed by atoms with Crippen LogP contribution >= 0.6 is 0 Å². The molecule has 1 aromatic carbocycles. The van der Waals surface area contributed by atoms with E-state index in [2.05, 4.69) is 9.72 Å².